The number of benzene rings is 2. The molecule has 0 radical (unpaired) electrons. The minimum atomic E-state index is -0.658. The van der Waals surface area contributed by atoms with Gasteiger partial charge in [-0.25, -0.2) is 0 Å². The van der Waals surface area contributed by atoms with E-state index in [2.05, 4.69) is 0 Å². The molecule has 2 aromatic rings. The molecule has 2 rings (SSSR count). The van der Waals surface area contributed by atoms with Crippen LogP contribution >= 0.6 is 23.4 Å². The predicted octanol–water partition coefficient (Wildman–Crippen LogP) is 3.81. The molecule has 2 aromatic carbocycles. The van der Waals surface area contributed by atoms with Gasteiger partial charge in [0.25, 0.3) is 0 Å². The molecule has 0 saturated carbocycles. The molecule has 3 N–H and O–H groups in total. The molecule has 112 valence electrons. The zero-order valence-electron chi connectivity index (χ0n) is 11.8. The Hall–Kier alpha value is -1.00. The molecule has 0 aliphatic heterocycles. The lowest BCUT2D eigenvalue weighted by molar-refractivity contribution is 0.193. The summed E-state index contributed by atoms with van der Waals surface area (Å²) in [6.07, 6.45) is 0.742. The summed E-state index contributed by atoms with van der Waals surface area (Å²) in [6, 6.07) is 17.7. The Morgan fingerprint density at radius 3 is 2.33 bits per heavy atom. The summed E-state index contributed by atoms with van der Waals surface area (Å²) >= 11 is 7.68. The summed E-state index contributed by atoms with van der Waals surface area (Å²) in [7, 11) is 0. The largest absolute Gasteiger partial charge is 0.394 e. The van der Waals surface area contributed by atoms with Crippen LogP contribution in [0.15, 0.2) is 54.6 Å². The van der Waals surface area contributed by atoms with E-state index >= 15 is 0 Å². The van der Waals surface area contributed by atoms with E-state index in [-0.39, 0.29) is 6.61 Å². The quantitative estimate of drug-likeness (QED) is 0.762. The van der Waals surface area contributed by atoms with Gasteiger partial charge in [-0.3, -0.25) is 0 Å². The van der Waals surface area contributed by atoms with Gasteiger partial charge in [-0.15, -0.1) is 0 Å². The predicted molar refractivity (Wildman–Crippen MR) is 91.6 cm³/mol. The molecule has 0 aliphatic carbocycles. The summed E-state index contributed by atoms with van der Waals surface area (Å²) in [6.45, 7) is -0.0431. The van der Waals surface area contributed by atoms with Crippen molar-refractivity contribution >= 4 is 23.4 Å². The molecule has 0 heterocycles. The Morgan fingerprint density at radius 2 is 1.71 bits per heavy atom. The first-order chi connectivity index (χ1) is 10.1. The van der Waals surface area contributed by atoms with Gasteiger partial charge in [-0.2, -0.15) is 11.8 Å². The van der Waals surface area contributed by atoms with Crippen molar-refractivity contribution < 1.29 is 5.11 Å². The third kappa shape index (κ3) is 4.75. The van der Waals surface area contributed by atoms with E-state index in [0.717, 1.165) is 28.5 Å². The van der Waals surface area contributed by atoms with Crippen molar-refractivity contribution in [1.29, 1.82) is 0 Å². The summed E-state index contributed by atoms with van der Waals surface area (Å²) in [5.74, 6) is 1.82. The highest BCUT2D eigenvalue weighted by atomic mass is 35.5. The van der Waals surface area contributed by atoms with Crippen LogP contribution in [0.4, 0.5) is 0 Å². The molecule has 0 saturated heterocycles. The fourth-order valence-corrected chi connectivity index (χ4v) is 3.32. The van der Waals surface area contributed by atoms with Crippen LogP contribution < -0.4 is 5.73 Å². The number of thioether (sulfide) groups is 1. The smallest absolute Gasteiger partial charge is 0.0653 e. The molecule has 0 aromatic heterocycles. The van der Waals surface area contributed by atoms with E-state index in [1.807, 2.05) is 66.4 Å². The highest BCUT2D eigenvalue weighted by Gasteiger charge is 2.25. The van der Waals surface area contributed by atoms with Crippen LogP contribution in [-0.4, -0.2) is 17.5 Å². The second-order valence-corrected chi connectivity index (χ2v) is 6.65. The summed E-state index contributed by atoms with van der Waals surface area (Å²) in [4.78, 5) is 0. The van der Waals surface area contributed by atoms with Gasteiger partial charge < -0.3 is 10.8 Å². The summed E-state index contributed by atoms with van der Waals surface area (Å²) in [5.41, 5.74) is 7.91. The molecule has 0 spiro atoms. The van der Waals surface area contributed by atoms with E-state index in [1.165, 1.54) is 5.56 Å². The molecule has 0 fully saturated rings. The van der Waals surface area contributed by atoms with Crippen molar-refractivity contribution in [3.05, 3.63) is 70.7 Å². The lowest BCUT2D eigenvalue weighted by atomic mass is 9.89. The molecular formula is C17H20ClNOS. The zero-order chi connectivity index (χ0) is 15.1. The van der Waals surface area contributed by atoms with E-state index in [0.29, 0.717) is 0 Å². The number of aliphatic hydroxyl groups is 1. The Labute approximate surface area is 135 Å². The normalized spacial score (nSPS) is 13.9. The van der Waals surface area contributed by atoms with Crippen molar-refractivity contribution in [2.24, 2.45) is 5.73 Å². The first-order valence-electron chi connectivity index (χ1n) is 6.91. The SMILES string of the molecule is NC(CO)(CCSCc1ccc(Cl)cc1)c1ccccc1. The molecule has 1 unspecified atom stereocenters. The van der Waals surface area contributed by atoms with Crippen molar-refractivity contribution in [3.63, 3.8) is 0 Å². The van der Waals surface area contributed by atoms with Crippen LogP contribution in [-0.2, 0) is 11.3 Å². The average Bonchev–Trinajstić information content (AvgIpc) is 2.54. The molecule has 0 bridgehead atoms. The van der Waals surface area contributed by atoms with Gasteiger partial charge in [-0.1, -0.05) is 54.1 Å². The second-order valence-electron chi connectivity index (χ2n) is 5.11. The van der Waals surface area contributed by atoms with Gasteiger partial charge in [0, 0.05) is 10.8 Å². The molecular weight excluding hydrogens is 302 g/mol. The van der Waals surface area contributed by atoms with Gasteiger partial charge in [0.1, 0.15) is 0 Å². The van der Waals surface area contributed by atoms with Crippen LogP contribution in [0.5, 0.6) is 0 Å². The number of halogens is 1. The van der Waals surface area contributed by atoms with Crippen LogP contribution in [0.25, 0.3) is 0 Å². The van der Waals surface area contributed by atoms with Crippen LogP contribution in [0.2, 0.25) is 5.02 Å². The third-order valence-corrected chi connectivity index (χ3v) is 4.79. The van der Waals surface area contributed by atoms with E-state index in [9.17, 15) is 5.11 Å². The number of hydrogen-bond acceptors (Lipinski definition) is 3. The lowest BCUT2D eigenvalue weighted by Gasteiger charge is -2.27. The fraction of sp³-hybridized carbons (Fsp3) is 0.294. The topological polar surface area (TPSA) is 46.2 Å². The molecule has 0 amide bonds. The zero-order valence-corrected chi connectivity index (χ0v) is 13.4. The number of rotatable bonds is 7. The van der Waals surface area contributed by atoms with Crippen molar-refractivity contribution in [2.45, 2.75) is 17.7 Å². The van der Waals surface area contributed by atoms with Crippen LogP contribution in [0, 0.1) is 0 Å². The number of nitrogens with two attached hydrogens (primary N) is 1. The van der Waals surface area contributed by atoms with Gasteiger partial charge in [-0.05, 0) is 35.4 Å². The first kappa shape index (κ1) is 16.4. The summed E-state index contributed by atoms with van der Waals surface area (Å²) in [5, 5.41) is 10.4. The Morgan fingerprint density at radius 1 is 1.05 bits per heavy atom. The van der Waals surface area contributed by atoms with E-state index in [4.69, 9.17) is 17.3 Å². The number of aliphatic hydroxyl groups excluding tert-OH is 1. The van der Waals surface area contributed by atoms with Gasteiger partial charge >= 0.3 is 0 Å². The molecule has 4 heteroatoms. The van der Waals surface area contributed by atoms with Crippen molar-refractivity contribution in [1.82, 2.24) is 0 Å². The van der Waals surface area contributed by atoms with Crippen LogP contribution in [0.3, 0.4) is 0 Å². The highest BCUT2D eigenvalue weighted by molar-refractivity contribution is 7.98. The lowest BCUT2D eigenvalue weighted by Crippen LogP contribution is -2.41. The molecule has 1 atom stereocenters. The molecule has 21 heavy (non-hydrogen) atoms. The minimum absolute atomic E-state index is 0.0431. The van der Waals surface area contributed by atoms with Gasteiger partial charge in [0.2, 0.25) is 0 Å². The van der Waals surface area contributed by atoms with Crippen LogP contribution in [0.1, 0.15) is 17.5 Å². The first-order valence-corrected chi connectivity index (χ1v) is 8.45. The molecule has 2 nitrogen and oxygen atoms in total. The minimum Gasteiger partial charge on any atom is -0.394 e. The van der Waals surface area contributed by atoms with E-state index in [1.54, 1.807) is 0 Å². The second kappa shape index (κ2) is 7.85. The molecule has 0 aliphatic rings. The van der Waals surface area contributed by atoms with Gasteiger partial charge in [0.15, 0.2) is 0 Å². The Balaban J connectivity index is 1.85. The highest BCUT2D eigenvalue weighted by Crippen LogP contribution is 2.25. The monoisotopic (exact) mass is 321 g/mol. The summed E-state index contributed by atoms with van der Waals surface area (Å²) < 4.78 is 0. The fourth-order valence-electron chi connectivity index (χ4n) is 2.11. The maximum atomic E-state index is 9.64. The standard InChI is InChI=1S/C17H20ClNOS/c18-16-8-6-14(7-9-16)12-21-11-10-17(19,13-20)15-4-2-1-3-5-15/h1-9,20H,10-13,19H2. The maximum Gasteiger partial charge on any atom is 0.0653 e. The third-order valence-electron chi connectivity index (χ3n) is 3.51. The van der Waals surface area contributed by atoms with E-state index < -0.39 is 5.54 Å². The number of hydrogen-bond donors (Lipinski definition) is 2. The Kier molecular flexibility index (Phi) is 6.12. The average molecular weight is 322 g/mol. The van der Waals surface area contributed by atoms with Crippen molar-refractivity contribution in [2.75, 3.05) is 12.4 Å². The maximum absolute atomic E-state index is 9.64. The van der Waals surface area contributed by atoms with Crippen molar-refractivity contribution in [3.8, 4) is 0 Å². The Bertz CT molecular complexity index is 546. The van der Waals surface area contributed by atoms with Gasteiger partial charge in [0.05, 0.1) is 12.1 Å².